The molecule has 15 heavy (non-hydrogen) atoms. The summed E-state index contributed by atoms with van der Waals surface area (Å²) in [5, 5.41) is 1.16. The van der Waals surface area contributed by atoms with Crippen LogP contribution in [0.15, 0.2) is 0 Å². The zero-order valence-corrected chi connectivity index (χ0v) is 12.1. The van der Waals surface area contributed by atoms with Gasteiger partial charge in [-0.25, -0.2) is 0 Å². The standard InChI is InChI=1S/C13H26BrN/c1-13(2,3)8-11-15-10-5-4-6-12(15)7-9-14/h12H,4-11H2,1-3H3. The highest BCUT2D eigenvalue weighted by atomic mass is 79.9. The molecule has 0 aromatic carbocycles. The lowest BCUT2D eigenvalue weighted by Gasteiger charge is -2.37. The zero-order chi connectivity index (χ0) is 11.3. The van der Waals surface area contributed by atoms with Crippen LogP contribution >= 0.6 is 15.9 Å². The van der Waals surface area contributed by atoms with Gasteiger partial charge in [-0.3, -0.25) is 0 Å². The van der Waals surface area contributed by atoms with Gasteiger partial charge >= 0.3 is 0 Å². The number of hydrogen-bond donors (Lipinski definition) is 0. The van der Waals surface area contributed by atoms with Crippen LogP contribution in [0.3, 0.4) is 0 Å². The molecule has 1 aliphatic heterocycles. The normalized spacial score (nSPS) is 24.4. The summed E-state index contributed by atoms with van der Waals surface area (Å²) < 4.78 is 0. The van der Waals surface area contributed by atoms with E-state index in [9.17, 15) is 0 Å². The molecule has 1 nitrogen and oxygen atoms in total. The van der Waals surface area contributed by atoms with Gasteiger partial charge in [0.05, 0.1) is 0 Å². The third-order valence-corrected chi connectivity index (χ3v) is 3.80. The van der Waals surface area contributed by atoms with Crippen LogP contribution in [0.1, 0.15) is 52.9 Å². The molecule has 0 aliphatic carbocycles. The van der Waals surface area contributed by atoms with E-state index >= 15 is 0 Å². The van der Waals surface area contributed by atoms with Gasteiger partial charge in [-0.1, -0.05) is 43.1 Å². The second-order valence-electron chi connectivity index (χ2n) is 5.97. The topological polar surface area (TPSA) is 3.24 Å². The average Bonchev–Trinajstić information content (AvgIpc) is 2.16. The maximum Gasteiger partial charge on any atom is 0.0103 e. The molecule has 1 aliphatic rings. The van der Waals surface area contributed by atoms with Gasteiger partial charge in [-0.2, -0.15) is 0 Å². The quantitative estimate of drug-likeness (QED) is 0.700. The smallest absolute Gasteiger partial charge is 0.0103 e. The molecule has 0 N–H and O–H groups in total. The molecule has 0 aromatic heterocycles. The van der Waals surface area contributed by atoms with Crippen LogP contribution in [0, 0.1) is 5.41 Å². The summed E-state index contributed by atoms with van der Waals surface area (Å²) in [4.78, 5) is 2.72. The third-order valence-electron chi connectivity index (χ3n) is 3.34. The minimum absolute atomic E-state index is 0.483. The van der Waals surface area contributed by atoms with E-state index in [0.717, 1.165) is 11.4 Å². The summed E-state index contributed by atoms with van der Waals surface area (Å²) in [6.45, 7) is 9.65. The molecular weight excluding hydrogens is 250 g/mol. The summed E-state index contributed by atoms with van der Waals surface area (Å²) in [6.07, 6.45) is 6.90. The van der Waals surface area contributed by atoms with Crippen molar-refractivity contribution in [1.29, 1.82) is 0 Å². The lowest BCUT2D eigenvalue weighted by Crippen LogP contribution is -2.41. The summed E-state index contributed by atoms with van der Waals surface area (Å²) in [6, 6.07) is 0.848. The van der Waals surface area contributed by atoms with Gasteiger partial charge < -0.3 is 4.90 Å². The maximum atomic E-state index is 3.58. The summed E-state index contributed by atoms with van der Waals surface area (Å²) in [7, 11) is 0. The van der Waals surface area contributed by atoms with E-state index in [1.165, 1.54) is 45.2 Å². The van der Waals surface area contributed by atoms with Gasteiger partial charge in [-0.05, 0) is 44.2 Å². The first-order valence-corrected chi connectivity index (χ1v) is 7.45. The molecule has 0 bridgehead atoms. The highest BCUT2D eigenvalue weighted by molar-refractivity contribution is 9.09. The highest BCUT2D eigenvalue weighted by Gasteiger charge is 2.22. The molecule has 0 aromatic rings. The van der Waals surface area contributed by atoms with E-state index in [-0.39, 0.29) is 0 Å². The molecule has 1 saturated heterocycles. The minimum Gasteiger partial charge on any atom is -0.300 e. The molecule has 1 atom stereocenters. The molecule has 1 heterocycles. The SMILES string of the molecule is CC(C)(C)CCN1CCCCC1CCBr. The fraction of sp³-hybridized carbons (Fsp3) is 1.00. The van der Waals surface area contributed by atoms with Crippen molar-refractivity contribution >= 4 is 15.9 Å². The fourth-order valence-electron chi connectivity index (χ4n) is 2.29. The molecule has 0 amide bonds. The second-order valence-corrected chi connectivity index (χ2v) is 6.77. The van der Waals surface area contributed by atoms with Crippen molar-refractivity contribution in [3.63, 3.8) is 0 Å². The van der Waals surface area contributed by atoms with Crippen LogP contribution in [0.5, 0.6) is 0 Å². The van der Waals surface area contributed by atoms with E-state index in [4.69, 9.17) is 0 Å². The van der Waals surface area contributed by atoms with Crippen LogP contribution in [-0.4, -0.2) is 29.4 Å². The maximum absolute atomic E-state index is 3.58. The van der Waals surface area contributed by atoms with Gasteiger partial charge in [0, 0.05) is 11.4 Å². The third kappa shape index (κ3) is 5.35. The van der Waals surface area contributed by atoms with Crippen LogP contribution in [0.25, 0.3) is 0 Å². The minimum atomic E-state index is 0.483. The molecule has 0 spiro atoms. The van der Waals surface area contributed by atoms with Crippen molar-refractivity contribution in [1.82, 2.24) is 4.90 Å². The van der Waals surface area contributed by atoms with Gasteiger partial charge in [0.25, 0.3) is 0 Å². The zero-order valence-electron chi connectivity index (χ0n) is 10.6. The van der Waals surface area contributed by atoms with Crippen LogP contribution in [0.4, 0.5) is 0 Å². The predicted octanol–water partition coefficient (Wildman–Crippen LogP) is 4.06. The predicted molar refractivity (Wildman–Crippen MR) is 71.7 cm³/mol. The number of alkyl halides is 1. The van der Waals surface area contributed by atoms with Crippen molar-refractivity contribution in [2.75, 3.05) is 18.4 Å². The number of piperidine rings is 1. The molecule has 1 fully saturated rings. The van der Waals surface area contributed by atoms with Crippen molar-refractivity contribution < 1.29 is 0 Å². The number of nitrogens with zero attached hydrogens (tertiary/aromatic N) is 1. The Morgan fingerprint density at radius 2 is 2.00 bits per heavy atom. The monoisotopic (exact) mass is 275 g/mol. The van der Waals surface area contributed by atoms with Gasteiger partial charge in [0.2, 0.25) is 0 Å². The average molecular weight is 276 g/mol. The number of halogens is 1. The Morgan fingerprint density at radius 3 is 2.60 bits per heavy atom. The van der Waals surface area contributed by atoms with Crippen molar-refractivity contribution in [3.05, 3.63) is 0 Å². The second kappa shape index (κ2) is 6.24. The van der Waals surface area contributed by atoms with E-state index in [0.29, 0.717) is 5.41 Å². The van der Waals surface area contributed by atoms with Gasteiger partial charge in [0.15, 0.2) is 0 Å². The van der Waals surface area contributed by atoms with Gasteiger partial charge in [-0.15, -0.1) is 0 Å². The van der Waals surface area contributed by atoms with E-state index in [1.54, 1.807) is 0 Å². The fourth-order valence-corrected chi connectivity index (χ4v) is 2.81. The molecular formula is C13H26BrN. The Bertz CT molecular complexity index is 172. The molecule has 1 unspecified atom stereocenters. The molecule has 0 saturated carbocycles. The van der Waals surface area contributed by atoms with Crippen molar-refractivity contribution in [3.8, 4) is 0 Å². The van der Waals surface area contributed by atoms with Crippen LogP contribution in [-0.2, 0) is 0 Å². The lowest BCUT2D eigenvalue weighted by molar-refractivity contribution is 0.127. The van der Waals surface area contributed by atoms with E-state index in [2.05, 4.69) is 41.6 Å². The van der Waals surface area contributed by atoms with Crippen LogP contribution < -0.4 is 0 Å². The Hall–Kier alpha value is 0.440. The Morgan fingerprint density at radius 1 is 1.27 bits per heavy atom. The van der Waals surface area contributed by atoms with Gasteiger partial charge in [0.1, 0.15) is 0 Å². The number of likely N-dealkylation sites (tertiary alicyclic amines) is 1. The van der Waals surface area contributed by atoms with E-state index < -0.39 is 0 Å². The molecule has 1 rings (SSSR count). The Labute approximate surface area is 104 Å². The molecule has 0 radical (unpaired) electrons. The summed E-state index contributed by atoms with van der Waals surface area (Å²) >= 11 is 3.58. The Balaban J connectivity index is 2.35. The highest BCUT2D eigenvalue weighted by Crippen LogP contribution is 2.24. The first-order chi connectivity index (χ1) is 7.03. The first-order valence-electron chi connectivity index (χ1n) is 6.33. The number of rotatable bonds is 4. The molecule has 2 heteroatoms. The van der Waals surface area contributed by atoms with Crippen LogP contribution in [0.2, 0.25) is 0 Å². The molecule has 90 valence electrons. The van der Waals surface area contributed by atoms with Crippen molar-refractivity contribution in [2.24, 2.45) is 5.41 Å². The summed E-state index contributed by atoms with van der Waals surface area (Å²) in [5.41, 5.74) is 0.483. The first kappa shape index (κ1) is 13.5. The Kier molecular flexibility index (Phi) is 5.62. The summed E-state index contributed by atoms with van der Waals surface area (Å²) in [5.74, 6) is 0. The lowest BCUT2D eigenvalue weighted by atomic mass is 9.90. The van der Waals surface area contributed by atoms with Crippen molar-refractivity contribution in [2.45, 2.75) is 58.9 Å². The largest absolute Gasteiger partial charge is 0.300 e. The number of hydrogen-bond acceptors (Lipinski definition) is 1. The van der Waals surface area contributed by atoms with E-state index in [1.807, 2.05) is 0 Å².